The maximum Gasteiger partial charge on any atom is 0.242 e. The van der Waals surface area contributed by atoms with Crippen molar-refractivity contribution in [1.82, 2.24) is 0 Å². The number of amides is 1. The molecule has 0 aliphatic rings. The zero-order valence-corrected chi connectivity index (χ0v) is 16.4. The van der Waals surface area contributed by atoms with Gasteiger partial charge in [-0.15, -0.1) is 0 Å². The number of methoxy groups -OCH3 is 4. The van der Waals surface area contributed by atoms with Crippen molar-refractivity contribution in [3.63, 3.8) is 0 Å². The van der Waals surface area contributed by atoms with Gasteiger partial charge in [-0.1, -0.05) is 6.08 Å². The van der Waals surface area contributed by atoms with Crippen molar-refractivity contribution >= 4 is 33.5 Å². The van der Waals surface area contributed by atoms with Gasteiger partial charge in [0.05, 0.1) is 28.4 Å². The van der Waals surface area contributed by atoms with E-state index in [2.05, 4.69) is 10.0 Å². The third kappa shape index (κ3) is 3.74. The SMILES string of the molecule is COc1cc2cc(C=CC(=O)N=[N+]=[N-])c3cc(OC)c(OC)cc3c2cc1OC. The molecule has 0 spiro atoms. The molecule has 29 heavy (non-hydrogen) atoms. The highest BCUT2D eigenvalue weighted by Gasteiger charge is 2.14. The van der Waals surface area contributed by atoms with E-state index in [4.69, 9.17) is 24.5 Å². The Morgan fingerprint density at radius 1 is 0.828 bits per heavy atom. The average Bonchev–Trinajstić information content (AvgIpc) is 2.75. The molecule has 0 aliphatic carbocycles. The molecule has 3 aromatic carbocycles. The molecule has 148 valence electrons. The summed E-state index contributed by atoms with van der Waals surface area (Å²) in [4.78, 5) is 14.1. The Hall–Kier alpha value is -3.90. The molecular formula is C21H19N3O5. The van der Waals surface area contributed by atoms with Crippen LogP contribution in [0.5, 0.6) is 23.0 Å². The number of azide groups is 1. The first-order valence-electron chi connectivity index (χ1n) is 8.57. The zero-order valence-electron chi connectivity index (χ0n) is 16.4. The van der Waals surface area contributed by atoms with E-state index in [1.165, 1.54) is 6.08 Å². The molecule has 0 atom stereocenters. The first-order chi connectivity index (χ1) is 14.1. The molecule has 8 nitrogen and oxygen atoms in total. The maximum absolute atomic E-state index is 11.6. The number of benzene rings is 3. The lowest BCUT2D eigenvalue weighted by Crippen LogP contribution is -1.94. The molecule has 0 N–H and O–H groups in total. The minimum Gasteiger partial charge on any atom is -0.493 e. The lowest BCUT2D eigenvalue weighted by atomic mass is 9.95. The van der Waals surface area contributed by atoms with Crippen LogP contribution < -0.4 is 18.9 Å². The second kappa shape index (κ2) is 8.41. The monoisotopic (exact) mass is 393 g/mol. The smallest absolute Gasteiger partial charge is 0.242 e. The van der Waals surface area contributed by atoms with Crippen LogP contribution in [-0.2, 0) is 4.79 Å². The first-order valence-corrected chi connectivity index (χ1v) is 8.57. The van der Waals surface area contributed by atoms with Crippen LogP contribution in [0.1, 0.15) is 5.56 Å². The molecule has 0 aliphatic heterocycles. The molecule has 0 saturated heterocycles. The van der Waals surface area contributed by atoms with Gasteiger partial charge in [0, 0.05) is 4.91 Å². The van der Waals surface area contributed by atoms with Gasteiger partial charge in [0.15, 0.2) is 23.0 Å². The fraction of sp³-hybridized carbons (Fsp3) is 0.190. The van der Waals surface area contributed by atoms with E-state index in [0.29, 0.717) is 23.0 Å². The first kappa shape index (κ1) is 19.9. The summed E-state index contributed by atoms with van der Waals surface area (Å²) in [6.07, 6.45) is 2.82. The van der Waals surface area contributed by atoms with Gasteiger partial charge >= 0.3 is 0 Å². The van der Waals surface area contributed by atoms with Crippen molar-refractivity contribution in [3.05, 3.63) is 52.4 Å². The van der Waals surface area contributed by atoms with E-state index >= 15 is 0 Å². The molecule has 8 heteroatoms. The Morgan fingerprint density at radius 3 is 1.90 bits per heavy atom. The van der Waals surface area contributed by atoms with Crippen molar-refractivity contribution in [2.45, 2.75) is 0 Å². The lowest BCUT2D eigenvalue weighted by Gasteiger charge is -2.15. The number of hydrogen-bond acceptors (Lipinski definition) is 5. The third-order valence-corrected chi connectivity index (χ3v) is 4.54. The Morgan fingerprint density at radius 2 is 1.34 bits per heavy atom. The van der Waals surface area contributed by atoms with Crippen LogP contribution in [0.3, 0.4) is 0 Å². The minimum absolute atomic E-state index is 0.552. The molecule has 1 amide bonds. The molecule has 0 unspecified atom stereocenters. The summed E-state index contributed by atoms with van der Waals surface area (Å²) in [6, 6.07) is 9.36. The number of nitrogens with zero attached hydrogens (tertiary/aromatic N) is 3. The summed E-state index contributed by atoms with van der Waals surface area (Å²) in [5.74, 6) is 1.62. The Kier molecular flexibility index (Phi) is 5.76. The predicted molar refractivity (Wildman–Crippen MR) is 111 cm³/mol. The molecule has 0 aromatic heterocycles. The van der Waals surface area contributed by atoms with Crippen molar-refractivity contribution in [2.75, 3.05) is 28.4 Å². The summed E-state index contributed by atoms with van der Waals surface area (Å²) in [6.45, 7) is 0. The topological polar surface area (TPSA) is 103 Å². The summed E-state index contributed by atoms with van der Waals surface area (Å²) in [7, 11) is 6.27. The Balaban J connectivity index is 2.40. The number of hydrogen-bond donors (Lipinski definition) is 0. The highest BCUT2D eigenvalue weighted by Crippen LogP contribution is 2.41. The molecule has 0 bridgehead atoms. The predicted octanol–water partition coefficient (Wildman–Crippen LogP) is 4.88. The fourth-order valence-electron chi connectivity index (χ4n) is 3.21. The lowest BCUT2D eigenvalue weighted by molar-refractivity contribution is -0.113. The van der Waals surface area contributed by atoms with Crippen LogP contribution in [0.4, 0.5) is 0 Å². The van der Waals surface area contributed by atoms with Crippen molar-refractivity contribution in [2.24, 2.45) is 5.11 Å². The summed E-state index contributed by atoms with van der Waals surface area (Å²) >= 11 is 0. The Bertz CT molecular complexity index is 1180. The molecular weight excluding hydrogens is 374 g/mol. The highest BCUT2D eigenvalue weighted by molar-refractivity contribution is 6.13. The quantitative estimate of drug-likeness (QED) is 0.195. The van der Waals surface area contributed by atoms with Gasteiger partial charge < -0.3 is 18.9 Å². The van der Waals surface area contributed by atoms with E-state index in [0.717, 1.165) is 27.1 Å². The average molecular weight is 393 g/mol. The fourth-order valence-corrected chi connectivity index (χ4v) is 3.21. The van der Waals surface area contributed by atoms with Gasteiger partial charge in [-0.05, 0) is 74.2 Å². The van der Waals surface area contributed by atoms with Gasteiger partial charge in [0.2, 0.25) is 5.91 Å². The summed E-state index contributed by atoms with van der Waals surface area (Å²) in [5, 5.41) is 6.55. The van der Waals surface area contributed by atoms with Crippen LogP contribution in [0.2, 0.25) is 0 Å². The van der Waals surface area contributed by atoms with E-state index in [1.807, 2.05) is 30.3 Å². The van der Waals surface area contributed by atoms with Gasteiger partial charge in [-0.3, -0.25) is 4.79 Å². The van der Waals surface area contributed by atoms with E-state index in [1.54, 1.807) is 34.5 Å². The number of fused-ring (bicyclic) bond motifs is 3. The normalized spacial score (nSPS) is 10.8. The van der Waals surface area contributed by atoms with E-state index < -0.39 is 5.91 Å². The summed E-state index contributed by atoms with van der Waals surface area (Å²) < 4.78 is 21.7. The maximum atomic E-state index is 11.6. The van der Waals surface area contributed by atoms with Crippen LogP contribution in [0, 0.1) is 0 Å². The van der Waals surface area contributed by atoms with Crippen LogP contribution in [-0.4, -0.2) is 34.3 Å². The molecule has 0 saturated carbocycles. The number of carbonyl (C=O) groups is 1. The van der Waals surface area contributed by atoms with Crippen LogP contribution in [0.25, 0.3) is 38.1 Å². The second-order valence-electron chi connectivity index (χ2n) is 6.01. The zero-order chi connectivity index (χ0) is 21.0. The van der Waals surface area contributed by atoms with Crippen LogP contribution in [0.15, 0.2) is 41.5 Å². The van der Waals surface area contributed by atoms with Gasteiger partial charge in [-0.25, -0.2) is 0 Å². The van der Waals surface area contributed by atoms with E-state index in [-0.39, 0.29) is 0 Å². The second-order valence-corrected chi connectivity index (χ2v) is 6.01. The van der Waals surface area contributed by atoms with Crippen molar-refractivity contribution in [1.29, 1.82) is 0 Å². The van der Waals surface area contributed by atoms with Gasteiger partial charge in [-0.2, -0.15) is 0 Å². The third-order valence-electron chi connectivity index (χ3n) is 4.54. The number of rotatable bonds is 6. The minimum atomic E-state index is -0.687. The standard InChI is InChI=1S/C21H19N3O5/c1-26-17-8-13-7-12(5-6-21(25)23-24-22)14-9-19(28-3)20(29-4)11-16(14)15(13)10-18(17)27-2/h5-11H,1-4H3. The van der Waals surface area contributed by atoms with Crippen molar-refractivity contribution < 1.29 is 23.7 Å². The van der Waals surface area contributed by atoms with Crippen molar-refractivity contribution in [3.8, 4) is 23.0 Å². The highest BCUT2D eigenvalue weighted by atomic mass is 16.5. The molecule has 3 aromatic rings. The van der Waals surface area contributed by atoms with Crippen LogP contribution >= 0.6 is 0 Å². The number of carbonyl (C=O) groups excluding carboxylic acids is 1. The van der Waals surface area contributed by atoms with Gasteiger partial charge in [0.25, 0.3) is 0 Å². The Labute approximate surface area is 166 Å². The number of ether oxygens (including phenoxy) is 4. The molecule has 0 radical (unpaired) electrons. The molecule has 0 fully saturated rings. The molecule has 0 heterocycles. The van der Waals surface area contributed by atoms with E-state index in [9.17, 15) is 4.79 Å². The molecule has 3 rings (SSSR count). The summed E-state index contributed by atoms with van der Waals surface area (Å²) in [5.41, 5.74) is 9.17. The largest absolute Gasteiger partial charge is 0.493 e. The van der Waals surface area contributed by atoms with Gasteiger partial charge in [0.1, 0.15) is 0 Å².